The normalized spacial score (nSPS) is 16.0. The highest BCUT2D eigenvalue weighted by Gasteiger charge is 2.35. The minimum atomic E-state index is -0.950. The molecule has 7 rings (SSSR count). The summed E-state index contributed by atoms with van der Waals surface area (Å²) in [6.45, 7) is 9.91. The Kier molecular flexibility index (Phi) is 8.27. The van der Waals surface area contributed by atoms with Crippen molar-refractivity contribution >= 4 is 38.4 Å². The van der Waals surface area contributed by atoms with Gasteiger partial charge in [-0.1, -0.05) is 12.6 Å². The molecule has 49 heavy (non-hydrogen) atoms. The first kappa shape index (κ1) is 32.5. The number of hydrogen-bond donors (Lipinski definition) is 0. The number of imidazole rings is 1. The van der Waals surface area contributed by atoms with E-state index in [1.807, 2.05) is 50.6 Å². The van der Waals surface area contributed by atoms with E-state index in [-0.39, 0.29) is 59.2 Å². The van der Waals surface area contributed by atoms with Gasteiger partial charge in [0.1, 0.15) is 47.0 Å². The van der Waals surface area contributed by atoms with Crippen LogP contribution in [0.25, 0.3) is 54.9 Å². The van der Waals surface area contributed by atoms with Gasteiger partial charge in [-0.15, -0.1) is 11.3 Å². The van der Waals surface area contributed by atoms with Crippen molar-refractivity contribution < 1.29 is 27.4 Å². The second-order valence-corrected chi connectivity index (χ2v) is 13.0. The second-order valence-electron chi connectivity index (χ2n) is 12.1. The molecule has 0 spiro atoms. The topological polar surface area (TPSA) is 87.3 Å². The lowest BCUT2D eigenvalue weighted by atomic mass is 9.94. The first-order valence-corrected chi connectivity index (χ1v) is 16.6. The van der Waals surface area contributed by atoms with Crippen molar-refractivity contribution in [1.29, 1.82) is 0 Å². The van der Waals surface area contributed by atoms with Gasteiger partial charge >= 0.3 is 0 Å². The maximum Gasteiger partial charge on any atom is 0.246 e. The van der Waals surface area contributed by atoms with Crippen LogP contribution in [0.4, 0.5) is 13.2 Å². The summed E-state index contributed by atoms with van der Waals surface area (Å²) in [5.41, 5.74) is 3.91. The molecule has 0 N–H and O–H groups in total. The van der Waals surface area contributed by atoms with E-state index in [0.717, 1.165) is 40.3 Å². The molecule has 0 saturated heterocycles. The number of thiophene rings is 1. The summed E-state index contributed by atoms with van der Waals surface area (Å²) in [5, 5.41) is 6.34. The highest BCUT2D eigenvalue weighted by molar-refractivity contribution is 7.17. The number of pyridine rings is 1. The van der Waals surface area contributed by atoms with E-state index in [0.29, 0.717) is 33.9 Å². The fourth-order valence-electron chi connectivity index (χ4n) is 6.72. The predicted molar refractivity (Wildman–Crippen MR) is 183 cm³/mol. The largest absolute Gasteiger partial charge is 0.490 e. The number of aromatic nitrogens is 5. The highest BCUT2D eigenvalue weighted by atomic mass is 32.1. The summed E-state index contributed by atoms with van der Waals surface area (Å²) in [6.07, 6.45) is 1.28. The van der Waals surface area contributed by atoms with Crippen molar-refractivity contribution in [3.05, 3.63) is 83.4 Å². The molecule has 0 radical (unpaired) electrons. The van der Waals surface area contributed by atoms with Gasteiger partial charge in [0.05, 0.1) is 51.9 Å². The summed E-state index contributed by atoms with van der Waals surface area (Å²) in [4.78, 5) is 24.3. The summed E-state index contributed by atoms with van der Waals surface area (Å²) < 4.78 is 62.2. The molecule has 0 bridgehead atoms. The number of methoxy groups -OCH3 is 1. The Morgan fingerprint density at radius 2 is 1.86 bits per heavy atom. The highest BCUT2D eigenvalue weighted by Crippen LogP contribution is 2.48. The monoisotopic (exact) mass is 686 g/mol. The molecule has 4 aromatic heterocycles. The molecule has 13 heteroatoms. The number of carbonyl (C=O) groups is 1. The van der Waals surface area contributed by atoms with Crippen LogP contribution in [-0.2, 0) is 23.1 Å². The van der Waals surface area contributed by atoms with E-state index in [1.165, 1.54) is 18.6 Å². The molecule has 1 aliphatic heterocycles. The van der Waals surface area contributed by atoms with E-state index in [2.05, 4.69) is 11.6 Å². The average Bonchev–Trinajstić information content (AvgIpc) is 3.75. The Morgan fingerprint density at radius 1 is 1.06 bits per heavy atom. The van der Waals surface area contributed by atoms with Crippen molar-refractivity contribution in [2.75, 3.05) is 20.3 Å². The van der Waals surface area contributed by atoms with Gasteiger partial charge in [-0.2, -0.15) is 5.10 Å². The van der Waals surface area contributed by atoms with E-state index < -0.39 is 17.5 Å². The molecule has 252 valence electrons. The molecule has 1 aliphatic rings. The Hall–Kier alpha value is -5.01. The summed E-state index contributed by atoms with van der Waals surface area (Å²) in [7, 11) is 3.41. The van der Waals surface area contributed by atoms with Gasteiger partial charge in [-0.05, 0) is 45.0 Å². The molecule has 5 heterocycles. The van der Waals surface area contributed by atoms with E-state index in [1.54, 1.807) is 15.6 Å². The van der Waals surface area contributed by atoms with Gasteiger partial charge < -0.3 is 18.9 Å². The summed E-state index contributed by atoms with van der Waals surface area (Å²) in [6, 6.07) is 8.72. The number of hydrogen-bond acceptors (Lipinski definition) is 7. The Morgan fingerprint density at radius 3 is 2.61 bits per heavy atom. The fourth-order valence-corrected chi connectivity index (χ4v) is 7.65. The van der Waals surface area contributed by atoms with Crippen LogP contribution in [0.3, 0.4) is 0 Å². The van der Waals surface area contributed by atoms with Crippen LogP contribution in [0.2, 0.25) is 0 Å². The lowest BCUT2D eigenvalue weighted by molar-refractivity contribution is -0.131. The second kappa shape index (κ2) is 12.5. The van der Waals surface area contributed by atoms with Gasteiger partial charge in [-0.25, -0.2) is 23.1 Å². The van der Waals surface area contributed by atoms with E-state index in [4.69, 9.17) is 19.6 Å². The lowest BCUT2D eigenvalue weighted by Crippen LogP contribution is -2.46. The number of halogens is 3. The van der Waals surface area contributed by atoms with E-state index >= 15 is 8.78 Å². The van der Waals surface area contributed by atoms with Crippen LogP contribution < -0.4 is 4.74 Å². The van der Waals surface area contributed by atoms with Crippen molar-refractivity contribution in [2.24, 2.45) is 7.05 Å². The minimum Gasteiger partial charge on any atom is -0.490 e. The van der Waals surface area contributed by atoms with Crippen LogP contribution in [0.15, 0.2) is 54.4 Å². The smallest absolute Gasteiger partial charge is 0.246 e. The molecular weight excluding hydrogens is 653 g/mol. The Labute approximate surface area is 284 Å². The third-order valence-electron chi connectivity index (χ3n) is 9.10. The average molecular weight is 687 g/mol. The van der Waals surface area contributed by atoms with Crippen LogP contribution >= 0.6 is 11.3 Å². The maximum absolute atomic E-state index is 16.2. The first-order chi connectivity index (χ1) is 23.5. The standard InChI is InChI=1S/C36H33F3N6O3S/c1-7-30(46)45-18(2)16-44-28(19(45)3)15-26(42-44)35-33(31-23(38)13-22(37)14-29(31)48-11-10-47-6)32-24(39)17-49-36(32)34(41-35)21-8-9-27-25(12-21)40-20(4)43(27)5/h7-9,12-15,17-19H,1,10-11,16H2,2-6H3/t18-,19+/m0/s1. The molecule has 1 amide bonds. The number of nitrogens with zero attached hydrogens (tertiary/aromatic N) is 6. The lowest BCUT2D eigenvalue weighted by Gasteiger charge is -2.38. The van der Waals surface area contributed by atoms with E-state index in [9.17, 15) is 9.18 Å². The van der Waals surface area contributed by atoms with Crippen molar-refractivity contribution in [3.63, 3.8) is 0 Å². The number of rotatable bonds is 8. The number of amides is 1. The van der Waals surface area contributed by atoms with Crippen molar-refractivity contribution in [1.82, 2.24) is 29.2 Å². The minimum absolute atomic E-state index is 0.00660. The zero-order chi connectivity index (χ0) is 34.7. The number of carbonyl (C=O) groups excluding carboxylic acids is 1. The summed E-state index contributed by atoms with van der Waals surface area (Å²) in [5.74, 6) is -1.93. The van der Waals surface area contributed by atoms with Gasteiger partial charge in [-0.3, -0.25) is 9.48 Å². The third-order valence-corrected chi connectivity index (χ3v) is 10.1. The molecule has 2 aromatic carbocycles. The molecule has 0 unspecified atom stereocenters. The SMILES string of the molecule is C=CC(=O)N1[C@H](C)c2cc(-c3nc(-c4ccc5c(c4)nc(C)n5C)c4scc(F)c4c3-c3c(F)cc(F)cc3OCCOC)nn2C[C@@H]1C. The van der Waals surface area contributed by atoms with Crippen molar-refractivity contribution in [3.8, 4) is 39.5 Å². The molecule has 0 fully saturated rings. The van der Waals surface area contributed by atoms with Crippen LogP contribution in [0, 0.1) is 24.4 Å². The molecular formula is C36H33F3N6O3S. The molecule has 9 nitrogen and oxygen atoms in total. The fraction of sp³-hybridized carbons (Fsp3) is 0.278. The van der Waals surface area contributed by atoms with Crippen LogP contribution in [0.1, 0.15) is 31.4 Å². The van der Waals surface area contributed by atoms with Gasteiger partial charge in [0.2, 0.25) is 5.91 Å². The number of aryl methyl sites for hydroxylation is 2. The Bertz CT molecular complexity index is 2290. The van der Waals surface area contributed by atoms with Gasteiger partial charge in [0.15, 0.2) is 0 Å². The maximum atomic E-state index is 16.2. The third kappa shape index (κ3) is 5.37. The van der Waals surface area contributed by atoms with Crippen molar-refractivity contribution in [2.45, 2.75) is 39.4 Å². The number of benzene rings is 2. The van der Waals surface area contributed by atoms with Gasteiger partial charge in [0.25, 0.3) is 0 Å². The van der Waals surface area contributed by atoms with Crippen LogP contribution in [-0.4, -0.2) is 61.5 Å². The molecule has 0 aliphatic carbocycles. The number of ether oxygens (including phenoxy) is 2. The molecule has 0 saturated carbocycles. The van der Waals surface area contributed by atoms with Crippen LogP contribution in [0.5, 0.6) is 5.75 Å². The summed E-state index contributed by atoms with van der Waals surface area (Å²) >= 11 is 1.13. The molecule has 2 atom stereocenters. The predicted octanol–water partition coefficient (Wildman–Crippen LogP) is 7.61. The zero-order valence-electron chi connectivity index (χ0n) is 27.6. The first-order valence-electron chi connectivity index (χ1n) is 15.7. The Balaban J connectivity index is 1.54. The zero-order valence-corrected chi connectivity index (χ0v) is 28.4. The van der Waals surface area contributed by atoms with Gasteiger partial charge in [0, 0.05) is 54.2 Å². The number of fused-ring (bicyclic) bond motifs is 3. The quantitative estimate of drug-likeness (QED) is 0.121. The molecule has 6 aromatic rings.